The molecule has 26 heavy (non-hydrogen) atoms. The molecule has 0 radical (unpaired) electrons. The van der Waals surface area contributed by atoms with Crippen LogP contribution in [0.25, 0.3) is 0 Å². The minimum atomic E-state index is -3.07. The maximum absolute atomic E-state index is 12.9. The number of sulfone groups is 1. The predicted octanol–water partition coefficient (Wildman–Crippen LogP) is 0.343. The number of amides is 2. The van der Waals surface area contributed by atoms with E-state index in [1.807, 2.05) is 4.90 Å². The molecule has 2 saturated heterocycles. The van der Waals surface area contributed by atoms with Crippen LogP contribution >= 0.6 is 0 Å². The lowest BCUT2D eigenvalue weighted by Gasteiger charge is -2.35. The van der Waals surface area contributed by atoms with Crippen LogP contribution in [0, 0.1) is 11.7 Å². The van der Waals surface area contributed by atoms with E-state index in [0.29, 0.717) is 38.3 Å². The van der Waals surface area contributed by atoms with Gasteiger partial charge in [0.05, 0.1) is 24.0 Å². The number of carbonyl (C=O) groups is 2. The van der Waals surface area contributed by atoms with Crippen LogP contribution in [0.1, 0.15) is 6.42 Å². The van der Waals surface area contributed by atoms with Crippen LogP contribution in [0.15, 0.2) is 24.3 Å². The second kappa shape index (κ2) is 7.71. The van der Waals surface area contributed by atoms with Crippen molar-refractivity contribution in [2.45, 2.75) is 6.42 Å². The van der Waals surface area contributed by atoms with Gasteiger partial charge in [-0.3, -0.25) is 14.5 Å². The van der Waals surface area contributed by atoms with Crippen LogP contribution < -0.4 is 5.32 Å². The van der Waals surface area contributed by atoms with Gasteiger partial charge in [0, 0.05) is 31.9 Å². The van der Waals surface area contributed by atoms with Crippen molar-refractivity contribution in [3.63, 3.8) is 0 Å². The summed E-state index contributed by atoms with van der Waals surface area (Å²) in [4.78, 5) is 28.1. The van der Waals surface area contributed by atoms with Crippen molar-refractivity contribution in [1.29, 1.82) is 0 Å². The highest BCUT2D eigenvalue weighted by molar-refractivity contribution is 7.91. The summed E-state index contributed by atoms with van der Waals surface area (Å²) in [5, 5.41) is 2.71. The Balaban J connectivity index is 1.44. The van der Waals surface area contributed by atoms with Gasteiger partial charge in [0.2, 0.25) is 11.8 Å². The highest BCUT2D eigenvalue weighted by Gasteiger charge is 2.36. The van der Waals surface area contributed by atoms with Gasteiger partial charge in [0.1, 0.15) is 5.82 Å². The molecule has 2 heterocycles. The fourth-order valence-electron chi connectivity index (χ4n) is 3.31. The van der Waals surface area contributed by atoms with Crippen molar-refractivity contribution < 1.29 is 22.4 Å². The molecule has 1 aromatic rings. The zero-order valence-electron chi connectivity index (χ0n) is 14.4. The summed E-state index contributed by atoms with van der Waals surface area (Å²) in [5.74, 6) is -1.04. The van der Waals surface area contributed by atoms with E-state index in [0.717, 1.165) is 0 Å². The smallest absolute Gasteiger partial charge is 0.238 e. The molecule has 3 rings (SSSR count). The topological polar surface area (TPSA) is 86.8 Å². The van der Waals surface area contributed by atoms with Gasteiger partial charge in [-0.15, -0.1) is 0 Å². The molecule has 1 atom stereocenters. The molecular weight excluding hydrogens is 361 g/mol. The summed E-state index contributed by atoms with van der Waals surface area (Å²) in [5.41, 5.74) is 0.535. The van der Waals surface area contributed by atoms with Gasteiger partial charge in [-0.25, -0.2) is 12.8 Å². The first-order valence-corrected chi connectivity index (χ1v) is 10.4. The van der Waals surface area contributed by atoms with Crippen LogP contribution in [-0.4, -0.2) is 74.3 Å². The third-order valence-electron chi connectivity index (χ3n) is 4.76. The van der Waals surface area contributed by atoms with Crippen molar-refractivity contribution >= 4 is 27.3 Å². The van der Waals surface area contributed by atoms with Gasteiger partial charge in [-0.05, 0) is 30.7 Å². The van der Waals surface area contributed by atoms with E-state index in [4.69, 9.17) is 0 Å². The Labute approximate surface area is 152 Å². The number of halogens is 1. The molecule has 0 aromatic heterocycles. The number of hydrogen-bond donors (Lipinski definition) is 1. The number of nitrogens with zero attached hydrogens (tertiary/aromatic N) is 2. The van der Waals surface area contributed by atoms with Crippen molar-refractivity contribution in [3.8, 4) is 0 Å². The molecular formula is C17H22FN3O4S. The molecule has 2 aliphatic heterocycles. The van der Waals surface area contributed by atoms with Gasteiger partial charge in [-0.1, -0.05) is 0 Å². The van der Waals surface area contributed by atoms with E-state index in [1.54, 1.807) is 4.90 Å². The van der Waals surface area contributed by atoms with Gasteiger partial charge in [0.25, 0.3) is 0 Å². The zero-order valence-corrected chi connectivity index (χ0v) is 15.2. The first-order chi connectivity index (χ1) is 12.3. The molecule has 9 heteroatoms. The Morgan fingerprint density at radius 3 is 2.35 bits per heavy atom. The van der Waals surface area contributed by atoms with Crippen molar-refractivity contribution in [3.05, 3.63) is 30.1 Å². The molecule has 7 nitrogen and oxygen atoms in total. The molecule has 2 aliphatic rings. The Hall–Kier alpha value is -2.00. The predicted molar refractivity (Wildman–Crippen MR) is 94.8 cm³/mol. The van der Waals surface area contributed by atoms with Crippen LogP contribution in [0.2, 0.25) is 0 Å². The highest BCUT2D eigenvalue weighted by atomic mass is 32.2. The first-order valence-electron chi connectivity index (χ1n) is 8.59. The number of benzene rings is 1. The molecule has 0 aliphatic carbocycles. The number of nitrogens with one attached hydrogen (secondary N) is 1. The standard InChI is InChI=1S/C17H22FN3O4S/c18-14-1-3-15(4-2-14)19-16(22)11-20-6-8-21(9-7-20)17(23)13-5-10-26(24,25)12-13/h1-4,13H,5-12H2,(H,19,22)/t13-/m1/s1. The molecule has 142 valence electrons. The third kappa shape index (κ3) is 4.79. The van der Waals surface area contributed by atoms with E-state index < -0.39 is 15.8 Å². The SMILES string of the molecule is O=C(CN1CCN(C(=O)[C@@H]2CCS(=O)(=O)C2)CC1)Nc1ccc(F)cc1. The lowest BCUT2D eigenvalue weighted by Crippen LogP contribution is -2.51. The Bertz CT molecular complexity index is 774. The normalized spacial score (nSPS) is 23.0. The number of carbonyl (C=O) groups excluding carboxylic acids is 2. The number of hydrogen-bond acceptors (Lipinski definition) is 5. The third-order valence-corrected chi connectivity index (χ3v) is 6.53. The van der Waals surface area contributed by atoms with E-state index in [1.165, 1.54) is 24.3 Å². The van der Waals surface area contributed by atoms with Crippen LogP contribution in [0.5, 0.6) is 0 Å². The quantitative estimate of drug-likeness (QED) is 0.810. The molecule has 0 unspecified atom stereocenters. The average Bonchev–Trinajstić information content (AvgIpc) is 2.97. The minimum absolute atomic E-state index is 0.0495. The van der Waals surface area contributed by atoms with E-state index in [2.05, 4.69) is 5.32 Å². The number of piperazine rings is 1. The molecule has 0 bridgehead atoms. The maximum atomic E-state index is 12.9. The number of rotatable bonds is 4. The highest BCUT2D eigenvalue weighted by Crippen LogP contribution is 2.21. The summed E-state index contributed by atoms with van der Waals surface area (Å²) in [6.45, 7) is 2.28. The summed E-state index contributed by atoms with van der Waals surface area (Å²) in [7, 11) is -3.07. The maximum Gasteiger partial charge on any atom is 0.238 e. The summed E-state index contributed by atoms with van der Waals surface area (Å²) in [6.07, 6.45) is 0.404. The second-order valence-corrected chi connectivity index (χ2v) is 8.99. The largest absolute Gasteiger partial charge is 0.340 e. The molecule has 2 fully saturated rings. The van der Waals surface area contributed by atoms with Gasteiger partial charge < -0.3 is 10.2 Å². The van der Waals surface area contributed by atoms with Gasteiger partial charge >= 0.3 is 0 Å². The van der Waals surface area contributed by atoms with Crippen molar-refractivity contribution in [2.75, 3.05) is 49.5 Å². The van der Waals surface area contributed by atoms with Crippen molar-refractivity contribution in [1.82, 2.24) is 9.80 Å². The Kier molecular flexibility index (Phi) is 5.57. The van der Waals surface area contributed by atoms with E-state index in [-0.39, 0.29) is 35.7 Å². The van der Waals surface area contributed by atoms with Crippen LogP contribution in [-0.2, 0) is 19.4 Å². The number of anilines is 1. The Morgan fingerprint density at radius 1 is 1.12 bits per heavy atom. The minimum Gasteiger partial charge on any atom is -0.340 e. The lowest BCUT2D eigenvalue weighted by atomic mass is 10.1. The van der Waals surface area contributed by atoms with Crippen LogP contribution in [0.3, 0.4) is 0 Å². The monoisotopic (exact) mass is 383 g/mol. The Morgan fingerprint density at radius 2 is 1.77 bits per heavy atom. The van der Waals surface area contributed by atoms with E-state index >= 15 is 0 Å². The zero-order chi connectivity index (χ0) is 18.7. The molecule has 0 saturated carbocycles. The van der Waals surface area contributed by atoms with Gasteiger partial charge in [-0.2, -0.15) is 0 Å². The first kappa shape index (κ1) is 18.8. The summed E-state index contributed by atoms with van der Waals surface area (Å²) < 4.78 is 35.9. The molecule has 1 N–H and O–H groups in total. The van der Waals surface area contributed by atoms with Crippen LogP contribution in [0.4, 0.5) is 10.1 Å². The fraction of sp³-hybridized carbons (Fsp3) is 0.529. The van der Waals surface area contributed by atoms with Gasteiger partial charge in [0.15, 0.2) is 9.84 Å². The molecule has 1 aromatic carbocycles. The van der Waals surface area contributed by atoms with Crippen molar-refractivity contribution in [2.24, 2.45) is 5.92 Å². The summed E-state index contributed by atoms with van der Waals surface area (Å²) >= 11 is 0. The fourth-order valence-corrected chi connectivity index (χ4v) is 5.04. The molecule has 2 amide bonds. The summed E-state index contributed by atoms with van der Waals surface area (Å²) in [6, 6.07) is 5.56. The second-order valence-electron chi connectivity index (χ2n) is 6.76. The molecule has 0 spiro atoms. The average molecular weight is 383 g/mol. The lowest BCUT2D eigenvalue weighted by molar-refractivity contribution is -0.136. The van der Waals surface area contributed by atoms with E-state index in [9.17, 15) is 22.4 Å².